The highest BCUT2D eigenvalue weighted by Gasteiger charge is 2.13. The molecule has 0 amide bonds. The number of aromatic nitrogens is 2. The van der Waals surface area contributed by atoms with Crippen LogP contribution in [0.2, 0.25) is 5.02 Å². The van der Waals surface area contributed by atoms with Crippen molar-refractivity contribution in [2.24, 2.45) is 0 Å². The van der Waals surface area contributed by atoms with Gasteiger partial charge in [-0.05, 0) is 53.4 Å². The zero-order valence-corrected chi connectivity index (χ0v) is 17.6. The lowest BCUT2D eigenvalue weighted by molar-refractivity contribution is 0.0697. The molecule has 0 saturated heterocycles. The second-order valence-corrected chi connectivity index (χ2v) is 7.83. The van der Waals surface area contributed by atoms with E-state index in [0.717, 1.165) is 53.8 Å². The van der Waals surface area contributed by atoms with Gasteiger partial charge in [-0.15, -0.1) is 0 Å². The van der Waals surface area contributed by atoms with E-state index in [0.29, 0.717) is 10.6 Å². The van der Waals surface area contributed by atoms with Gasteiger partial charge in [0.15, 0.2) is 0 Å². The summed E-state index contributed by atoms with van der Waals surface area (Å²) in [6, 6.07) is 21.1. The molecule has 0 saturated carbocycles. The molecule has 4 rings (SSSR count). The Labute approximate surface area is 180 Å². The highest BCUT2D eigenvalue weighted by atomic mass is 35.5. The van der Waals surface area contributed by atoms with Crippen molar-refractivity contribution in [3.63, 3.8) is 0 Å². The molecule has 1 aromatic heterocycles. The molecule has 1 N–H and O–H groups in total. The number of hydrogen-bond donors (Lipinski definition) is 1. The first-order valence-electron chi connectivity index (χ1n) is 10.1. The van der Waals surface area contributed by atoms with Crippen molar-refractivity contribution in [2.45, 2.75) is 32.7 Å². The summed E-state index contributed by atoms with van der Waals surface area (Å²) < 4.78 is 2.28. The minimum absolute atomic E-state index is 0.245. The zero-order chi connectivity index (χ0) is 21.1. The molecule has 0 aliphatic carbocycles. The quantitative estimate of drug-likeness (QED) is 0.375. The molecule has 0 aliphatic heterocycles. The zero-order valence-electron chi connectivity index (χ0n) is 16.8. The van der Waals surface area contributed by atoms with Gasteiger partial charge in [-0.25, -0.2) is 9.78 Å². The summed E-state index contributed by atoms with van der Waals surface area (Å²) in [5, 5.41) is 10.0. The van der Waals surface area contributed by atoms with E-state index < -0.39 is 5.97 Å². The monoisotopic (exact) mass is 418 g/mol. The number of carboxylic acids is 1. The first kappa shape index (κ1) is 20.2. The van der Waals surface area contributed by atoms with Gasteiger partial charge in [-0.1, -0.05) is 61.3 Å². The second kappa shape index (κ2) is 8.72. The molecule has 3 aromatic carbocycles. The van der Waals surface area contributed by atoms with E-state index in [1.54, 1.807) is 18.2 Å². The maximum atomic E-state index is 11.6. The van der Waals surface area contributed by atoms with Gasteiger partial charge in [0.05, 0.1) is 16.6 Å². The number of rotatable bonds is 7. The van der Waals surface area contributed by atoms with Crippen LogP contribution in [0.3, 0.4) is 0 Å². The van der Waals surface area contributed by atoms with Crippen molar-refractivity contribution in [3.05, 3.63) is 88.7 Å². The second-order valence-electron chi connectivity index (χ2n) is 7.40. The lowest BCUT2D eigenvalue weighted by atomic mass is 9.98. The number of aromatic carboxylic acids is 1. The Kier molecular flexibility index (Phi) is 5.86. The summed E-state index contributed by atoms with van der Waals surface area (Å²) in [5.74, 6) is 0.140. The van der Waals surface area contributed by atoms with E-state index >= 15 is 0 Å². The molecule has 0 unspecified atom stereocenters. The molecule has 1 heterocycles. The molecule has 4 aromatic rings. The molecule has 0 fully saturated rings. The van der Waals surface area contributed by atoms with E-state index in [2.05, 4.69) is 23.6 Å². The van der Waals surface area contributed by atoms with Gasteiger partial charge in [-0.3, -0.25) is 0 Å². The molecule has 30 heavy (non-hydrogen) atoms. The molecular weight excluding hydrogens is 396 g/mol. The van der Waals surface area contributed by atoms with Crippen LogP contribution < -0.4 is 0 Å². The maximum Gasteiger partial charge on any atom is 0.336 e. The molecule has 152 valence electrons. The largest absolute Gasteiger partial charge is 0.478 e. The van der Waals surface area contributed by atoms with Crippen LogP contribution >= 0.6 is 11.6 Å². The van der Waals surface area contributed by atoms with Crippen LogP contribution in [0.4, 0.5) is 0 Å². The van der Waals surface area contributed by atoms with Gasteiger partial charge in [0.1, 0.15) is 5.82 Å². The Balaban J connectivity index is 1.67. The van der Waals surface area contributed by atoms with Crippen LogP contribution in [0.5, 0.6) is 0 Å². The summed E-state index contributed by atoms with van der Waals surface area (Å²) in [6.07, 6.45) is 3.19. The number of imidazole rings is 1. The summed E-state index contributed by atoms with van der Waals surface area (Å²) >= 11 is 6.11. The average Bonchev–Trinajstić information content (AvgIpc) is 3.10. The van der Waals surface area contributed by atoms with Crippen LogP contribution in [0.25, 0.3) is 22.2 Å². The van der Waals surface area contributed by atoms with E-state index in [9.17, 15) is 9.90 Å². The number of unbranched alkanes of at least 4 members (excludes halogenated alkanes) is 1. The summed E-state index contributed by atoms with van der Waals surface area (Å²) in [4.78, 5) is 16.4. The van der Waals surface area contributed by atoms with E-state index in [1.165, 1.54) is 0 Å². The molecule has 0 spiro atoms. The molecule has 0 radical (unpaired) electrons. The maximum absolute atomic E-state index is 11.6. The van der Waals surface area contributed by atoms with Gasteiger partial charge in [0, 0.05) is 18.0 Å². The van der Waals surface area contributed by atoms with Crippen molar-refractivity contribution in [1.29, 1.82) is 0 Å². The normalized spacial score (nSPS) is 11.1. The number of aryl methyl sites for hydroxylation is 1. The molecule has 5 heteroatoms. The predicted octanol–water partition coefficient (Wildman–Crippen LogP) is 6.45. The number of halogens is 1. The predicted molar refractivity (Wildman–Crippen MR) is 121 cm³/mol. The molecule has 0 aliphatic rings. The van der Waals surface area contributed by atoms with Crippen molar-refractivity contribution in [1.82, 2.24) is 9.55 Å². The Hall–Kier alpha value is -3.11. The first-order chi connectivity index (χ1) is 14.6. The fraction of sp³-hybridized carbons (Fsp3) is 0.200. The Morgan fingerprint density at radius 1 is 1.07 bits per heavy atom. The van der Waals surface area contributed by atoms with Crippen molar-refractivity contribution in [2.75, 3.05) is 0 Å². The number of fused-ring (bicyclic) bond motifs is 1. The lowest BCUT2D eigenvalue weighted by Gasteiger charge is -2.11. The van der Waals surface area contributed by atoms with Crippen LogP contribution in [0.15, 0.2) is 66.7 Å². The van der Waals surface area contributed by atoms with E-state index in [-0.39, 0.29) is 5.56 Å². The lowest BCUT2D eigenvalue weighted by Crippen LogP contribution is -2.05. The molecular formula is C25H23ClN2O2. The van der Waals surface area contributed by atoms with Gasteiger partial charge >= 0.3 is 5.97 Å². The smallest absolute Gasteiger partial charge is 0.336 e. The summed E-state index contributed by atoms with van der Waals surface area (Å²) in [6.45, 7) is 2.91. The van der Waals surface area contributed by atoms with Crippen molar-refractivity contribution < 1.29 is 9.90 Å². The molecule has 0 bridgehead atoms. The van der Waals surface area contributed by atoms with Gasteiger partial charge in [0.25, 0.3) is 0 Å². The van der Waals surface area contributed by atoms with Crippen LogP contribution in [0, 0.1) is 0 Å². The van der Waals surface area contributed by atoms with Crippen molar-refractivity contribution >= 4 is 28.6 Å². The topological polar surface area (TPSA) is 55.1 Å². The van der Waals surface area contributed by atoms with Crippen LogP contribution in [-0.4, -0.2) is 20.6 Å². The third-order valence-corrected chi connectivity index (χ3v) is 5.54. The molecule has 4 nitrogen and oxygen atoms in total. The minimum atomic E-state index is -0.962. The number of hydrogen-bond acceptors (Lipinski definition) is 2. The van der Waals surface area contributed by atoms with Gasteiger partial charge in [0.2, 0.25) is 0 Å². The standard InChI is InChI=1S/C25H23ClN2O2/c1-2-3-8-24-27-22-6-4-5-7-23(22)28(24)16-17-9-11-18(12-10-17)21-15-19(26)13-14-20(21)25(29)30/h4-7,9-15H,2-3,8,16H2,1H3,(H,29,30). The highest BCUT2D eigenvalue weighted by molar-refractivity contribution is 6.31. The molecule has 0 atom stereocenters. The Morgan fingerprint density at radius 3 is 2.57 bits per heavy atom. The number of nitrogens with zero attached hydrogens (tertiary/aromatic N) is 2. The number of carbonyl (C=O) groups is 1. The minimum Gasteiger partial charge on any atom is -0.478 e. The van der Waals surface area contributed by atoms with Gasteiger partial charge in [-0.2, -0.15) is 0 Å². The summed E-state index contributed by atoms with van der Waals surface area (Å²) in [5.41, 5.74) is 4.99. The Bertz CT molecular complexity index is 1200. The van der Waals surface area contributed by atoms with Crippen LogP contribution in [0.1, 0.15) is 41.5 Å². The fourth-order valence-electron chi connectivity index (χ4n) is 3.74. The van der Waals surface area contributed by atoms with Crippen molar-refractivity contribution in [3.8, 4) is 11.1 Å². The van der Waals surface area contributed by atoms with Gasteiger partial charge < -0.3 is 9.67 Å². The number of carboxylic acid groups (broad SMARTS) is 1. The summed E-state index contributed by atoms with van der Waals surface area (Å²) in [7, 11) is 0. The SMILES string of the molecule is CCCCc1nc2ccccc2n1Cc1ccc(-c2cc(Cl)ccc2C(=O)O)cc1. The number of para-hydroxylation sites is 2. The Morgan fingerprint density at radius 2 is 1.83 bits per heavy atom. The van der Waals surface area contributed by atoms with E-state index in [4.69, 9.17) is 16.6 Å². The first-order valence-corrected chi connectivity index (χ1v) is 10.5. The highest BCUT2D eigenvalue weighted by Crippen LogP contribution is 2.28. The number of benzene rings is 3. The third kappa shape index (κ3) is 4.10. The average molecular weight is 419 g/mol. The van der Waals surface area contributed by atoms with E-state index in [1.807, 2.05) is 36.4 Å². The fourth-order valence-corrected chi connectivity index (χ4v) is 3.91. The third-order valence-electron chi connectivity index (χ3n) is 5.31. The van der Waals surface area contributed by atoms with Crippen LogP contribution in [-0.2, 0) is 13.0 Å².